The average molecular weight is 314 g/mol. The standard InChI is InChI=1S/C8H10O.5CO.Cr/c1-9-7-8-5-3-2-4-6-8;5*1-2;/h2-6H,7H2,1H3;;;;;;. The molecule has 0 aliphatic rings. The van der Waals surface area contributed by atoms with Gasteiger partial charge in [0, 0.05) is 24.5 Å². The van der Waals surface area contributed by atoms with Crippen molar-refractivity contribution in [2.75, 3.05) is 7.11 Å². The van der Waals surface area contributed by atoms with Crippen LogP contribution in [0.5, 0.6) is 0 Å². The van der Waals surface area contributed by atoms with Crippen LogP contribution in [0.2, 0.25) is 0 Å². The number of rotatable bonds is 2. The molecular formula is C13H10CrO6. The van der Waals surface area contributed by atoms with Crippen molar-refractivity contribution in [2.24, 2.45) is 0 Å². The van der Waals surface area contributed by atoms with Gasteiger partial charge in [-0.05, 0) is 5.56 Å². The average Bonchev–Trinajstić information content (AvgIpc) is 2.58. The Bertz CT molecular complexity index is 305. The summed E-state index contributed by atoms with van der Waals surface area (Å²) in [5.74, 6) is 0. The van der Waals surface area contributed by atoms with Gasteiger partial charge in [0.05, 0.1) is 6.61 Å². The minimum atomic E-state index is 0. The van der Waals surface area contributed by atoms with Crippen LogP contribution in [-0.2, 0) is 52.0 Å². The molecule has 0 spiro atoms. The third-order valence-electron chi connectivity index (χ3n) is 1.15. The third kappa shape index (κ3) is 44.0. The molecule has 0 aromatic heterocycles. The monoisotopic (exact) mass is 314 g/mol. The summed E-state index contributed by atoms with van der Waals surface area (Å²) in [6, 6.07) is 10.1. The van der Waals surface area contributed by atoms with Crippen molar-refractivity contribution in [3.05, 3.63) is 69.1 Å². The van der Waals surface area contributed by atoms with E-state index in [1.165, 1.54) is 5.56 Å². The molecule has 0 N–H and O–H groups in total. The largest absolute Gasteiger partial charge is 0 e. The zero-order valence-corrected chi connectivity index (χ0v) is 11.7. The zero-order chi connectivity index (χ0) is 16.5. The maximum Gasteiger partial charge on any atom is 0 e. The first-order valence-corrected chi connectivity index (χ1v) is 3.98. The van der Waals surface area contributed by atoms with E-state index in [9.17, 15) is 0 Å². The summed E-state index contributed by atoms with van der Waals surface area (Å²) in [4.78, 5) is 0. The fourth-order valence-corrected chi connectivity index (χ4v) is 0.741. The molecule has 0 fully saturated rings. The second kappa shape index (κ2) is 66.3. The smallest absolute Gasteiger partial charge is 0 e. The van der Waals surface area contributed by atoms with E-state index in [0.29, 0.717) is 6.61 Å². The molecule has 0 unspecified atom stereocenters. The summed E-state index contributed by atoms with van der Waals surface area (Å²) < 4.78 is 42.4. The first kappa shape index (κ1) is 36.2. The molecule has 6 nitrogen and oxygen atoms in total. The molecule has 0 radical (unpaired) electrons. The van der Waals surface area contributed by atoms with Gasteiger partial charge in [-0.2, -0.15) is 0 Å². The van der Waals surface area contributed by atoms with Crippen LogP contribution >= 0.6 is 0 Å². The minimum Gasteiger partial charge on any atom is 0 e. The van der Waals surface area contributed by atoms with E-state index in [2.05, 4.69) is 33.3 Å². The normalized spacial score (nSPS) is 4.75. The summed E-state index contributed by atoms with van der Waals surface area (Å²) in [7, 11) is 1.70. The Balaban J connectivity index is -0.0000000384. The van der Waals surface area contributed by atoms with Crippen LogP contribution in [0, 0.1) is 33.3 Å². The van der Waals surface area contributed by atoms with Crippen molar-refractivity contribution < 1.29 is 45.4 Å². The van der Waals surface area contributed by atoms with E-state index in [0.717, 1.165) is 0 Å². The van der Waals surface area contributed by atoms with Crippen molar-refractivity contribution in [3.63, 3.8) is 0 Å². The van der Waals surface area contributed by atoms with Crippen molar-refractivity contribution >= 4 is 0 Å². The zero-order valence-electron chi connectivity index (χ0n) is 10.5. The predicted octanol–water partition coefficient (Wildman–Crippen LogP) is 1.64. The molecule has 0 aliphatic heterocycles. The number of benzene rings is 1. The van der Waals surface area contributed by atoms with E-state index in [1.807, 2.05) is 30.3 Å². The fraction of sp³-hybridized carbons (Fsp3) is 0.154. The van der Waals surface area contributed by atoms with Gasteiger partial charge in [0.15, 0.2) is 0 Å². The third-order valence-corrected chi connectivity index (χ3v) is 1.15. The molecule has 1 aromatic carbocycles. The van der Waals surface area contributed by atoms with E-state index in [-0.39, 0.29) is 17.4 Å². The molecule has 1 rings (SSSR count). The molecule has 0 aliphatic carbocycles. The summed E-state index contributed by atoms with van der Waals surface area (Å²) >= 11 is 0. The SMILES string of the molecule is COCc1ccccc1.[C-]#[O+].[C-]#[O+].[C-]#[O+].[C-]#[O+].[C-]#[O+].[Cr]. The van der Waals surface area contributed by atoms with Crippen LogP contribution in [0.4, 0.5) is 0 Å². The summed E-state index contributed by atoms with van der Waals surface area (Å²) in [6.07, 6.45) is 0. The van der Waals surface area contributed by atoms with Gasteiger partial charge in [0.1, 0.15) is 0 Å². The van der Waals surface area contributed by atoms with Crippen LogP contribution in [0.3, 0.4) is 0 Å². The molecule has 0 heterocycles. The fourth-order valence-electron chi connectivity index (χ4n) is 0.741. The van der Waals surface area contributed by atoms with E-state index in [4.69, 9.17) is 28.0 Å². The number of hydrogen-bond acceptors (Lipinski definition) is 1. The molecule has 0 amide bonds. The molecule has 104 valence electrons. The molecule has 0 atom stereocenters. The number of ether oxygens (including phenoxy) is 1. The molecule has 0 saturated carbocycles. The van der Waals surface area contributed by atoms with E-state index < -0.39 is 0 Å². The molecule has 1 aromatic rings. The van der Waals surface area contributed by atoms with E-state index >= 15 is 0 Å². The van der Waals surface area contributed by atoms with Gasteiger partial charge in [0.2, 0.25) is 0 Å². The first-order valence-electron chi connectivity index (χ1n) is 3.98. The van der Waals surface area contributed by atoms with Crippen molar-refractivity contribution in [2.45, 2.75) is 6.61 Å². The number of methoxy groups -OCH3 is 1. The Morgan fingerprint density at radius 1 is 0.750 bits per heavy atom. The Morgan fingerprint density at radius 3 is 1.30 bits per heavy atom. The Labute approximate surface area is 128 Å². The van der Waals surface area contributed by atoms with Crippen LogP contribution in [0.25, 0.3) is 0 Å². The van der Waals surface area contributed by atoms with Crippen LogP contribution in [0.15, 0.2) is 30.3 Å². The molecule has 0 saturated heterocycles. The molecule has 0 bridgehead atoms. The van der Waals surface area contributed by atoms with Crippen molar-refractivity contribution in [3.8, 4) is 0 Å². The Morgan fingerprint density at radius 2 is 1.05 bits per heavy atom. The van der Waals surface area contributed by atoms with Gasteiger partial charge < -0.3 is 4.74 Å². The van der Waals surface area contributed by atoms with Gasteiger partial charge in [0.25, 0.3) is 0 Å². The van der Waals surface area contributed by atoms with Gasteiger partial charge in [-0.25, -0.2) is 0 Å². The second-order valence-corrected chi connectivity index (χ2v) is 1.92. The minimum absolute atomic E-state index is 0. The summed E-state index contributed by atoms with van der Waals surface area (Å²) in [5.41, 5.74) is 1.22. The van der Waals surface area contributed by atoms with Crippen LogP contribution < -0.4 is 0 Å². The number of hydrogen-bond donors (Lipinski definition) is 0. The van der Waals surface area contributed by atoms with E-state index in [1.54, 1.807) is 7.11 Å². The van der Waals surface area contributed by atoms with Crippen molar-refractivity contribution in [1.29, 1.82) is 0 Å². The second-order valence-electron chi connectivity index (χ2n) is 1.92. The predicted molar refractivity (Wildman–Crippen MR) is 56.8 cm³/mol. The quantitative estimate of drug-likeness (QED) is 0.600. The van der Waals surface area contributed by atoms with Gasteiger partial charge in [-0.3, -0.25) is 0 Å². The van der Waals surface area contributed by atoms with Crippen LogP contribution in [-0.4, -0.2) is 7.11 Å². The Kier molecular flexibility index (Phi) is 120. The first-order chi connectivity index (χ1) is 9.43. The molecule has 7 heteroatoms. The maximum atomic E-state index is 7.50. The van der Waals surface area contributed by atoms with Crippen LogP contribution in [0.1, 0.15) is 5.56 Å². The maximum absolute atomic E-state index is 7.50. The molecular weight excluding hydrogens is 304 g/mol. The summed E-state index contributed by atoms with van der Waals surface area (Å²) in [6.45, 7) is 23.2. The topological polar surface area (TPSA) is 109 Å². The van der Waals surface area contributed by atoms with Gasteiger partial charge >= 0.3 is 56.5 Å². The van der Waals surface area contributed by atoms with Gasteiger partial charge in [-0.15, -0.1) is 0 Å². The van der Waals surface area contributed by atoms with Crippen molar-refractivity contribution in [1.82, 2.24) is 0 Å². The van der Waals surface area contributed by atoms with Gasteiger partial charge in [-0.1, -0.05) is 30.3 Å². The molecule has 20 heavy (non-hydrogen) atoms. The Hall–Kier alpha value is -1.59. The summed E-state index contributed by atoms with van der Waals surface area (Å²) in [5, 5.41) is 0.